The average molecular weight is 449 g/mol. The lowest BCUT2D eigenvalue weighted by molar-refractivity contribution is 0.101. The first kappa shape index (κ1) is 22.9. The van der Waals surface area contributed by atoms with Crippen molar-refractivity contribution in [3.63, 3.8) is 0 Å². The minimum absolute atomic E-state index is 0.153. The van der Waals surface area contributed by atoms with Crippen molar-refractivity contribution in [1.29, 1.82) is 0 Å². The van der Waals surface area contributed by atoms with Crippen molar-refractivity contribution in [2.24, 2.45) is 0 Å². The van der Waals surface area contributed by atoms with Gasteiger partial charge in [0.15, 0.2) is 5.76 Å². The van der Waals surface area contributed by atoms with E-state index >= 15 is 0 Å². The van der Waals surface area contributed by atoms with Gasteiger partial charge in [-0.3, -0.25) is 4.79 Å². The number of fused-ring (bicyclic) bond motifs is 2. The van der Waals surface area contributed by atoms with E-state index in [9.17, 15) is 9.90 Å². The number of hydrogen-bond donors (Lipinski definition) is 1. The lowest BCUT2D eigenvalue weighted by Gasteiger charge is -2.19. The van der Waals surface area contributed by atoms with Gasteiger partial charge in [-0.05, 0) is 69.8 Å². The summed E-state index contributed by atoms with van der Waals surface area (Å²) in [5.41, 5.74) is 3.87. The molecule has 3 aromatic rings. The highest BCUT2D eigenvalue weighted by atomic mass is 16.5. The molecule has 6 heteroatoms. The van der Waals surface area contributed by atoms with Crippen LogP contribution in [0.1, 0.15) is 53.7 Å². The number of nitrogens with zero attached hydrogens (tertiary/aromatic N) is 2. The Hall–Kier alpha value is -3.25. The zero-order valence-corrected chi connectivity index (χ0v) is 20.1. The van der Waals surface area contributed by atoms with Crippen molar-refractivity contribution in [3.05, 3.63) is 58.5 Å². The van der Waals surface area contributed by atoms with E-state index in [1.165, 1.54) is 0 Å². The van der Waals surface area contributed by atoms with E-state index < -0.39 is 0 Å². The molecule has 0 fully saturated rings. The highest BCUT2D eigenvalue weighted by Crippen LogP contribution is 2.42. The Morgan fingerprint density at radius 2 is 2.03 bits per heavy atom. The zero-order valence-electron chi connectivity index (χ0n) is 20.1. The topological polar surface area (TPSA) is 63.9 Å². The summed E-state index contributed by atoms with van der Waals surface area (Å²) in [7, 11) is 3.66. The van der Waals surface area contributed by atoms with Crippen LogP contribution in [0.4, 0.5) is 0 Å². The highest BCUT2D eigenvalue weighted by molar-refractivity contribution is 6.16. The monoisotopic (exact) mass is 448 g/mol. The normalized spacial score (nSPS) is 14.4. The lowest BCUT2D eigenvalue weighted by Crippen LogP contribution is -2.19. The molecule has 0 bridgehead atoms. The summed E-state index contributed by atoms with van der Waals surface area (Å²) in [6.45, 7) is 8.30. The summed E-state index contributed by atoms with van der Waals surface area (Å²) in [4.78, 5) is 15.5. The third-order valence-electron chi connectivity index (χ3n) is 6.29. The Labute approximate surface area is 195 Å². The van der Waals surface area contributed by atoms with Crippen LogP contribution >= 0.6 is 0 Å². The number of allylic oxidation sites excluding steroid dienone is 1. The molecule has 0 radical (unpaired) electrons. The molecule has 0 atom stereocenters. The van der Waals surface area contributed by atoms with E-state index in [0.717, 1.165) is 48.1 Å². The van der Waals surface area contributed by atoms with Crippen LogP contribution in [-0.2, 0) is 13.1 Å². The predicted octanol–water partition coefficient (Wildman–Crippen LogP) is 5.53. The van der Waals surface area contributed by atoms with Crippen molar-refractivity contribution in [1.82, 2.24) is 9.47 Å². The minimum atomic E-state index is -0.153. The van der Waals surface area contributed by atoms with Gasteiger partial charge in [0.05, 0.1) is 18.2 Å². The smallest absolute Gasteiger partial charge is 0.232 e. The molecule has 4 rings (SSSR count). The first-order valence-electron chi connectivity index (χ1n) is 11.5. The minimum Gasteiger partial charge on any atom is -0.507 e. The molecule has 6 nitrogen and oxygen atoms in total. The third-order valence-corrected chi connectivity index (χ3v) is 6.29. The summed E-state index contributed by atoms with van der Waals surface area (Å²) >= 11 is 0. The highest BCUT2D eigenvalue weighted by Gasteiger charge is 2.33. The molecule has 1 aliphatic rings. The fraction of sp³-hybridized carbons (Fsp3) is 0.370. The number of carbonyl (C=O) groups is 1. The number of aromatic hydroxyl groups is 1. The van der Waals surface area contributed by atoms with Crippen LogP contribution in [0, 0.1) is 6.92 Å². The van der Waals surface area contributed by atoms with Crippen molar-refractivity contribution < 1.29 is 19.4 Å². The summed E-state index contributed by atoms with van der Waals surface area (Å²) in [5, 5.41) is 11.7. The van der Waals surface area contributed by atoms with Gasteiger partial charge in [-0.1, -0.05) is 13.3 Å². The van der Waals surface area contributed by atoms with Gasteiger partial charge in [0.25, 0.3) is 0 Å². The molecule has 0 spiro atoms. The Morgan fingerprint density at radius 3 is 2.73 bits per heavy atom. The Kier molecular flexibility index (Phi) is 6.47. The van der Waals surface area contributed by atoms with Gasteiger partial charge in [0.2, 0.25) is 5.78 Å². The second-order valence-corrected chi connectivity index (χ2v) is 8.68. The summed E-state index contributed by atoms with van der Waals surface area (Å²) in [6.07, 6.45) is 6.00. The van der Waals surface area contributed by atoms with Crippen molar-refractivity contribution in [2.75, 3.05) is 20.7 Å². The summed E-state index contributed by atoms with van der Waals surface area (Å²) in [6, 6.07) is 7.61. The van der Waals surface area contributed by atoms with Gasteiger partial charge in [0, 0.05) is 35.8 Å². The van der Waals surface area contributed by atoms with E-state index in [1.54, 1.807) is 19.3 Å². The number of aryl methyl sites for hydroxylation is 2. The number of aromatic nitrogens is 1. The summed E-state index contributed by atoms with van der Waals surface area (Å²) in [5.74, 6) is 1.52. The molecule has 0 saturated carbocycles. The van der Waals surface area contributed by atoms with Gasteiger partial charge < -0.3 is 24.0 Å². The fourth-order valence-corrected chi connectivity index (χ4v) is 4.46. The molecule has 1 N–H and O–H groups in total. The number of phenols is 1. The molecular formula is C27H32N2O4. The van der Waals surface area contributed by atoms with Gasteiger partial charge in [0.1, 0.15) is 17.2 Å². The van der Waals surface area contributed by atoms with Crippen molar-refractivity contribution in [3.8, 4) is 17.2 Å². The number of rotatable bonds is 8. The number of ether oxygens (including phenoxy) is 2. The number of benzene rings is 2. The van der Waals surface area contributed by atoms with E-state index in [-0.39, 0.29) is 17.3 Å². The van der Waals surface area contributed by atoms with Crippen LogP contribution < -0.4 is 9.47 Å². The number of hydrogen-bond acceptors (Lipinski definition) is 5. The third kappa shape index (κ3) is 4.23. The van der Waals surface area contributed by atoms with Crippen LogP contribution in [0.2, 0.25) is 0 Å². The first-order chi connectivity index (χ1) is 15.9. The van der Waals surface area contributed by atoms with Gasteiger partial charge in [-0.15, -0.1) is 0 Å². The van der Waals surface area contributed by atoms with E-state index in [1.807, 2.05) is 38.4 Å². The van der Waals surface area contributed by atoms with E-state index in [2.05, 4.69) is 23.3 Å². The molecule has 0 amide bonds. The maximum Gasteiger partial charge on any atom is 0.232 e. The van der Waals surface area contributed by atoms with Crippen LogP contribution in [0.25, 0.3) is 17.0 Å². The van der Waals surface area contributed by atoms with E-state index in [0.29, 0.717) is 29.0 Å². The van der Waals surface area contributed by atoms with Crippen LogP contribution in [0.15, 0.2) is 36.2 Å². The second-order valence-electron chi connectivity index (χ2n) is 8.68. The number of Topliss-reactive ketones (excluding diaryl/α,β-unsaturated/α-hetero) is 1. The molecule has 33 heavy (non-hydrogen) atoms. The molecule has 2 heterocycles. The van der Waals surface area contributed by atoms with Crippen LogP contribution in [0.5, 0.6) is 17.2 Å². The zero-order chi connectivity index (χ0) is 23.7. The standard InChI is InChI=1S/C27H32N2O4/c1-6-8-11-28(4)16-21-23(30)12-17(3)25-26(31)24(33-27(21)25)13-18-15-29(7-2)22-10-9-19(32-5)14-20(18)22/h9-10,12-15,30H,6-8,11,16H2,1-5H3/b24-13-. The van der Waals surface area contributed by atoms with Crippen LogP contribution in [-0.4, -0.2) is 41.1 Å². The fourth-order valence-electron chi connectivity index (χ4n) is 4.46. The molecule has 0 saturated heterocycles. The first-order valence-corrected chi connectivity index (χ1v) is 11.5. The van der Waals surface area contributed by atoms with Crippen molar-refractivity contribution >= 4 is 22.8 Å². The molecule has 1 aliphatic heterocycles. The number of unbranched alkanes of at least 4 members (excludes halogenated alkanes) is 1. The maximum absolute atomic E-state index is 13.4. The van der Waals surface area contributed by atoms with Gasteiger partial charge >= 0.3 is 0 Å². The Bertz CT molecular complexity index is 1240. The van der Waals surface area contributed by atoms with Gasteiger partial charge in [-0.2, -0.15) is 0 Å². The van der Waals surface area contributed by atoms with Crippen LogP contribution in [0.3, 0.4) is 0 Å². The molecule has 1 aromatic heterocycles. The van der Waals surface area contributed by atoms with E-state index in [4.69, 9.17) is 9.47 Å². The summed E-state index contributed by atoms with van der Waals surface area (Å²) < 4.78 is 13.7. The largest absolute Gasteiger partial charge is 0.507 e. The average Bonchev–Trinajstić information content (AvgIpc) is 3.32. The molecular weight excluding hydrogens is 416 g/mol. The second kappa shape index (κ2) is 9.32. The molecule has 0 unspecified atom stereocenters. The molecule has 0 aliphatic carbocycles. The number of ketones is 1. The molecule has 2 aromatic carbocycles. The lowest BCUT2D eigenvalue weighted by atomic mass is 9.99. The SMILES string of the molecule is CCCCN(C)Cc1c(O)cc(C)c2c1O/C(=C\c1cn(CC)c3ccc(OC)cc13)C2=O. The predicted molar refractivity (Wildman–Crippen MR) is 131 cm³/mol. The van der Waals surface area contributed by atoms with Gasteiger partial charge in [-0.25, -0.2) is 0 Å². The maximum atomic E-state index is 13.4. The number of phenolic OH excluding ortho intramolecular Hbond substituents is 1. The molecule has 174 valence electrons. The van der Waals surface area contributed by atoms with Crippen molar-refractivity contribution in [2.45, 2.75) is 46.7 Å². The quantitative estimate of drug-likeness (QED) is 0.459. The Morgan fingerprint density at radius 1 is 1.24 bits per heavy atom. The number of carbonyl (C=O) groups excluding carboxylic acids is 1. The Balaban J connectivity index is 1.76. The number of methoxy groups -OCH3 is 1.